The number of nitrogens with zero attached hydrogens (tertiary/aromatic N) is 2. The van der Waals surface area contributed by atoms with Crippen molar-refractivity contribution in [2.45, 2.75) is 26.2 Å². The molecule has 0 saturated heterocycles. The lowest BCUT2D eigenvalue weighted by Gasteiger charge is -2.19. The highest BCUT2D eigenvalue weighted by Crippen LogP contribution is 2.24. The maximum atomic E-state index is 12.1. The first kappa shape index (κ1) is 11.6. The van der Waals surface area contributed by atoms with Gasteiger partial charge in [0.05, 0.1) is 10.9 Å². The van der Waals surface area contributed by atoms with Gasteiger partial charge in [0.25, 0.3) is 5.56 Å². The zero-order valence-corrected chi connectivity index (χ0v) is 10.6. The third kappa shape index (κ3) is 1.90. The van der Waals surface area contributed by atoms with Gasteiger partial charge in [-0.1, -0.05) is 26.8 Å². The molecule has 0 atom stereocenters. The van der Waals surface area contributed by atoms with Gasteiger partial charge >= 0.3 is 0 Å². The van der Waals surface area contributed by atoms with E-state index in [0.29, 0.717) is 10.9 Å². The van der Waals surface area contributed by atoms with Crippen LogP contribution in [0.3, 0.4) is 0 Å². The summed E-state index contributed by atoms with van der Waals surface area (Å²) in [4.78, 5) is 16.3. The summed E-state index contributed by atoms with van der Waals surface area (Å²) in [6, 6.07) is 5.76. The van der Waals surface area contributed by atoms with Gasteiger partial charge in [0, 0.05) is 7.05 Å². The van der Waals surface area contributed by atoms with Crippen molar-refractivity contribution < 1.29 is 0 Å². The van der Waals surface area contributed by atoms with E-state index in [4.69, 9.17) is 5.73 Å². The van der Waals surface area contributed by atoms with E-state index in [-0.39, 0.29) is 16.9 Å². The van der Waals surface area contributed by atoms with Crippen LogP contribution in [0.15, 0.2) is 23.0 Å². The Morgan fingerprint density at radius 3 is 2.53 bits per heavy atom. The zero-order valence-electron chi connectivity index (χ0n) is 10.6. The smallest absolute Gasteiger partial charge is 0.262 e. The number of hydrogen-bond donors (Lipinski definition) is 1. The molecule has 0 aliphatic heterocycles. The summed E-state index contributed by atoms with van der Waals surface area (Å²) in [7, 11) is 1.63. The van der Waals surface area contributed by atoms with Crippen LogP contribution in [0.25, 0.3) is 10.9 Å². The van der Waals surface area contributed by atoms with Crippen molar-refractivity contribution in [3.8, 4) is 0 Å². The van der Waals surface area contributed by atoms with Gasteiger partial charge in [0.2, 0.25) is 5.95 Å². The summed E-state index contributed by atoms with van der Waals surface area (Å²) in [5.41, 5.74) is 7.35. The minimum absolute atomic E-state index is 0.0145. The lowest BCUT2D eigenvalue weighted by atomic mass is 9.86. The predicted molar refractivity (Wildman–Crippen MR) is 70.1 cm³/mol. The second-order valence-electron chi connectivity index (χ2n) is 5.32. The maximum Gasteiger partial charge on any atom is 0.262 e. The molecular formula is C13H17N3O. The molecule has 2 rings (SSSR count). The second kappa shape index (κ2) is 3.58. The number of nitrogen functional groups attached to an aromatic ring is 1. The third-order valence-corrected chi connectivity index (χ3v) is 2.98. The molecule has 0 amide bonds. The average Bonchev–Trinajstić information content (AvgIpc) is 2.24. The van der Waals surface area contributed by atoms with Gasteiger partial charge in [0.15, 0.2) is 0 Å². The Morgan fingerprint density at radius 1 is 1.29 bits per heavy atom. The van der Waals surface area contributed by atoms with E-state index in [1.807, 2.05) is 18.2 Å². The highest BCUT2D eigenvalue weighted by molar-refractivity contribution is 5.79. The summed E-state index contributed by atoms with van der Waals surface area (Å²) in [6.45, 7) is 6.34. The van der Waals surface area contributed by atoms with Crippen molar-refractivity contribution in [1.29, 1.82) is 0 Å². The van der Waals surface area contributed by atoms with Crippen molar-refractivity contribution in [3.05, 3.63) is 34.1 Å². The zero-order chi connectivity index (χ0) is 12.8. The molecule has 90 valence electrons. The van der Waals surface area contributed by atoms with Crippen LogP contribution < -0.4 is 11.3 Å². The fourth-order valence-corrected chi connectivity index (χ4v) is 1.75. The van der Waals surface area contributed by atoms with Gasteiger partial charge in [-0.3, -0.25) is 9.36 Å². The van der Waals surface area contributed by atoms with E-state index < -0.39 is 0 Å². The first-order chi connectivity index (χ1) is 7.80. The maximum absolute atomic E-state index is 12.1. The number of anilines is 1. The largest absolute Gasteiger partial charge is 0.369 e. The molecule has 0 radical (unpaired) electrons. The predicted octanol–water partition coefficient (Wildman–Crippen LogP) is 1.81. The molecule has 1 aromatic carbocycles. The summed E-state index contributed by atoms with van der Waals surface area (Å²) in [5.74, 6) is 0.242. The Kier molecular flexibility index (Phi) is 2.45. The monoisotopic (exact) mass is 231 g/mol. The van der Waals surface area contributed by atoms with Crippen LogP contribution in [0, 0.1) is 0 Å². The number of fused-ring (bicyclic) bond motifs is 1. The number of nitrogens with two attached hydrogens (primary N) is 1. The van der Waals surface area contributed by atoms with Crippen molar-refractivity contribution in [1.82, 2.24) is 9.55 Å². The van der Waals surface area contributed by atoms with Crippen LogP contribution in [0.2, 0.25) is 0 Å². The van der Waals surface area contributed by atoms with E-state index >= 15 is 0 Å². The Labute approximate surface area is 100 Å². The van der Waals surface area contributed by atoms with Gasteiger partial charge in [-0.05, 0) is 23.1 Å². The van der Waals surface area contributed by atoms with E-state index in [1.165, 1.54) is 4.57 Å². The lowest BCUT2D eigenvalue weighted by molar-refractivity contribution is 0.591. The fourth-order valence-electron chi connectivity index (χ4n) is 1.75. The van der Waals surface area contributed by atoms with Crippen LogP contribution in [0.1, 0.15) is 26.3 Å². The SMILES string of the molecule is Cn1c(N)nc2ccc(C(C)(C)C)cc2c1=O. The number of hydrogen-bond acceptors (Lipinski definition) is 3. The van der Waals surface area contributed by atoms with Crippen LogP contribution in [-0.2, 0) is 12.5 Å². The molecular weight excluding hydrogens is 214 g/mol. The topological polar surface area (TPSA) is 60.9 Å². The molecule has 0 aliphatic carbocycles. The minimum atomic E-state index is -0.0985. The quantitative estimate of drug-likeness (QED) is 0.752. The third-order valence-electron chi connectivity index (χ3n) is 2.98. The second-order valence-corrected chi connectivity index (χ2v) is 5.32. The number of benzene rings is 1. The molecule has 4 nitrogen and oxygen atoms in total. The Morgan fingerprint density at radius 2 is 1.94 bits per heavy atom. The van der Waals surface area contributed by atoms with Gasteiger partial charge in [-0.25, -0.2) is 4.98 Å². The molecule has 0 fully saturated rings. The van der Waals surface area contributed by atoms with Gasteiger partial charge in [-0.15, -0.1) is 0 Å². The first-order valence-electron chi connectivity index (χ1n) is 5.57. The lowest BCUT2D eigenvalue weighted by Crippen LogP contribution is -2.22. The summed E-state index contributed by atoms with van der Waals surface area (Å²) >= 11 is 0. The van der Waals surface area contributed by atoms with E-state index in [9.17, 15) is 4.79 Å². The Hall–Kier alpha value is -1.84. The van der Waals surface area contributed by atoms with Crippen molar-refractivity contribution >= 4 is 16.9 Å². The Balaban J connectivity index is 2.83. The molecule has 2 N–H and O–H groups in total. The number of aromatic nitrogens is 2. The summed E-state index contributed by atoms with van der Waals surface area (Å²) in [5, 5.41) is 0.620. The highest BCUT2D eigenvalue weighted by Gasteiger charge is 2.15. The van der Waals surface area contributed by atoms with Crippen LogP contribution >= 0.6 is 0 Å². The van der Waals surface area contributed by atoms with E-state index in [2.05, 4.69) is 25.8 Å². The molecule has 0 spiro atoms. The van der Waals surface area contributed by atoms with Crippen LogP contribution in [-0.4, -0.2) is 9.55 Å². The molecule has 2 aromatic rings. The Bertz CT molecular complexity index is 635. The van der Waals surface area contributed by atoms with Crippen LogP contribution in [0.4, 0.5) is 5.95 Å². The molecule has 0 saturated carbocycles. The molecule has 0 unspecified atom stereocenters. The van der Waals surface area contributed by atoms with Crippen molar-refractivity contribution in [2.75, 3.05) is 5.73 Å². The normalized spacial score (nSPS) is 12.0. The molecule has 1 aromatic heterocycles. The van der Waals surface area contributed by atoms with Gasteiger partial charge in [0.1, 0.15) is 0 Å². The van der Waals surface area contributed by atoms with Crippen molar-refractivity contribution in [3.63, 3.8) is 0 Å². The molecule has 0 bridgehead atoms. The number of rotatable bonds is 0. The summed E-state index contributed by atoms with van der Waals surface area (Å²) in [6.07, 6.45) is 0. The van der Waals surface area contributed by atoms with Crippen LogP contribution in [0.5, 0.6) is 0 Å². The fraction of sp³-hybridized carbons (Fsp3) is 0.385. The van der Waals surface area contributed by atoms with Gasteiger partial charge < -0.3 is 5.73 Å². The van der Waals surface area contributed by atoms with E-state index in [1.54, 1.807) is 7.05 Å². The summed E-state index contributed by atoms with van der Waals surface area (Å²) < 4.78 is 1.37. The van der Waals surface area contributed by atoms with Crippen molar-refractivity contribution in [2.24, 2.45) is 7.05 Å². The molecule has 0 aliphatic rings. The highest BCUT2D eigenvalue weighted by atomic mass is 16.1. The standard InChI is InChI=1S/C13H17N3O/c1-13(2,3)8-5-6-10-9(7-8)11(17)16(4)12(14)15-10/h5-7H,1-4H3,(H2,14,15). The molecule has 1 heterocycles. The molecule has 4 heteroatoms. The van der Waals surface area contributed by atoms with E-state index in [0.717, 1.165) is 5.56 Å². The minimum Gasteiger partial charge on any atom is -0.369 e. The first-order valence-corrected chi connectivity index (χ1v) is 5.57. The average molecular weight is 231 g/mol. The molecule has 17 heavy (non-hydrogen) atoms. The van der Waals surface area contributed by atoms with Gasteiger partial charge in [-0.2, -0.15) is 0 Å².